The molecule has 0 saturated carbocycles. The van der Waals surface area contributed by atoms with Gasteiger partial charge in [-0.2, -0.15) is 0 Å². The van der Waals surface area contributed by atoms with Crippen LogP contribution in [0.25, 0.3) is 0 Å². The molecule has 0 amide bonds. The van der Waals surface area contributed by atoms with Crippen LogP contribution in [0.2, 0.25) is 0 Å². The van der Waals surface area contributed by atoms with Crippen molar-refractivity contribution in [3.8, 4) is 0 Å². The Kier molecular flexibility index (Phi) is 2.36. The summed E-state index contributed by atoms with van der Waals surface area (Å²) in [5.74, 6) is 0. The molecule has 0 aromatic carbocycles. The van der Waals surface area contributed by atoms with E-state index in [9.17, 15) is 5.11 Å². The van der Waals surface area contributed by atoms with Crippen LogP contribution >= 0.6 is 11.3 Å². The van der Waals surface area contributed by atoms with Gasteiger partial charge >= 0.3 is 0 Å². The summed E-state index contributed by atoms with van der Waals surface area (Å²) in [7, 11) is 0. The zero-order valence-corrected chi connectivity index (χ0v) is 8.55. The Bertz CT molecular complexity index is 271. The number of thiazole rings is 1. The summed E-state index contributed by atoms with van der Waals surface area (Å²) >= 11 is 1.62. The highest BCUT2D eigenvalue weighted by molar-refractivity contribution is 7.07. The summed E-state index contributed by atoms with van der Waals surface area (Å²) in [6.07, 6.45) is 0.872. The third-order valence-corrected chi connectivity index (χ3v) is 3.04. The molecule has 72 valence electrons. The van der Waals surface area contributed by atoms with Gasteiger partial charge in [-0.05, 0) is 13.3 Å². The van der Waals surface area contributed by atoms with Crippen LogP contribution in [0.1, 0.15) is 19.0 Å². The number of likely N-dealkylation sites (tertiary alicyclic amines) is 1. The minimum absolute atomic E-state index is 0.490. The van der Waals surface area contributed by atoms with Crippen LogP contribution in [-0.4, -0.2) is 33.7 Å². The van der Waals surface area contributed by atoms with Crippen molar-refractivity contribution in [3.05, 3.63) is 16.6 Å². The van der Waals surface area contributed by atoms with Crippen molar-refractivity contribution >= 4 is 11.3 Å². The van der Waals surface area contributed by atoms with Gasteiger partial charge in [-0.15, -0.1) is 11.3 Å². The number of aromatic nitrogens is 1. The smallest absolute Gasteiger partial charge is 0.0795 e. The third kappa shape index (κ3) is 2.27. The van der Waals surface area contributed by atoms with Crippen molar-refractivity contribution in [1.82, 2.24) is 9.88 Å². The van der Waals surface area contributed by atoms with E-state index in [0.717, 1.165) is 31.7 Å². The summed E-state index contributed by atoms with van der Waals surface area (Å²) in [4.78, 5) is 6.47. The van der Waals surface area contributed by atoms with Gasteiger partial charge in [0, 0.05) is 25.0 Å². The van der Waals surface area contributed by atoms with E-state index in [1.165, 1.54) is 0 Å². The summed E-state index contributed by atoms with van der Waals surface area (Å²) in [5, 5.41) is 11.8. The van der Waals surface area contributed by atoms with Gasteiger partial charge in [0.25, 0.3) is 0 Å². The average Bonchev–Trinajstić information content (AvgIpc) is 2.61. The standard InChI is InChI=1S/C9H14N2OS/c1-9(12)2-3-11(6-9)4-8-5-13-7-10-8/h5,7,12H,2-4,6H2,1H3. The highest BCUT2D eigenvalue weighted by Gasteiger charge is 2.31. The summed E-state index contributed by atoms with van der Waals surface area (Å²) in [6.45, 7) is 4.52. The first-order valence-electron chi connectivity index (χ1n) is 4.47. The molecule has 1 aliphatic heterocycles. The number of rotatable bonds is 2. The minimum atomic E-state index is -0.490. The van der Waals surface area contributed by atoms with Crippen molar-refractivity contribution in [2.75, 3.05) is 13.1 Å². The van der Waals surface area contributed by atoms with E-state index in [1.807, 2.05) is 12.4 Å². The van der Waals surface area contributed by atoms with E-state index in [4.69, 9.17) is 0 Å². The van der Waals surface area contributed by atoms with E-state index in [1.54, 1.807) is 11.3 Å². The van der Waals surface area contributed by atoms with E-state index in [2.05, 4.69) is 15.3 Å². The zero-order valence-electron chi connectivity index (χ0n) is 7.73. The van der Waals surface area contributed by atoms with Crippen LogP contribution in [0.5, 0.6) is 0 Å². The molecule has 1 aromatic rings. The average molecular weight is 198 g/mol. The lowest BCUT2D eigenvalue weighted by molar-refractivity contribution is 0.0678. The van der Waals surface area contributed by atoms with Gasteiger partial charge in [0.15, 0.2) is 0 Å². The zero-order chi connectivity index (χ0) is 9.31. The second-order valence-corrected chi connectivity index (χ2v) is 4.66. The first-order chi connectivity index (χ1) is 6.16. The van der Waals surface area contributed by atoms with E-state index in [-0.39, 0.29) is 0 Å². The molecule has 1 aromatic heterocycles. The van der Waals surface area contributed by atoms with Crippen molar-refractivity contribution < 1.29 is 5.11 Å². The van der Waals surface area contributed by atoms with Gasteiger partial charge in [-0.1, -0.05) is 0 Å². The molecule has 2 heterocycles. The molecular formula is C9H14N2OS. The normalized spacial score (nSPS) is 29.7. The first-order valence-corrected chi connectivity index (χ1v) is 5.42. The molecule has 1 N–H and O–H groups in total. The number of nitrogens with zero attached hydrogens (tertiary/aromatic N) is 2. The molecule has 4 heteroatoms. The summed E-state index contributed by atoms with van der Waals surface area (Å²) in [5.41, 5.74) is 2.47. The Morgan fingerprint density at radius 3 is 3.15 bits per heavy atom. The Morgan fingerprint density at radius 1 is 1.77 bits per heavy atom. The maximum Gasteiger partial charge on any atom is 0.0795 e. The molecule has 0 spiro atoms. The quantitative estimate of drug-likeness (QED) is 0.773. The predicted molar refractivity (Wildman–Crippen MR) is 52.6 cm³/mol. The lowest BCUT2D eigenvalue weighted by Crippen LogP contribution is -2.29. The highest BCUT2D eigenvalue weighted by atomic mass is 32.1. The van der Waals surface area contributed by atoms with Crippen molar-refractivity contribution in [3.63, 3.8) is 0 Å². The summed E-state index contributed by atoms with van der Waals surface area (Å²) < 4.78 is 0. The van der Waals surface area contributed by atoms with Gasteiger partial charge in [-0.3, -0.25) is 4.90 Å². The molecule has 1 aliphatic rings. The fraction of sp³-hybridized carbons (Fsp3) is 0.667. The third-order valence-electron chi connectivity index (χ3n) is 2.40. The van der Waals surface area contributed by atoms with Crippen LogP contribution in [0, 0.1) is 0 Å². The Morgan fingerprint density at radius 2 is 2.62 bits per heavy atom. The molecule has 1 saturated heterocycles. The maximum absolute atomic E-state index is 9.73. The van der Waals surface area contributed by atoms with E-state index >= 15 is 0 Å². The van der Waals surface area contributed by atoms with Crippen molar-refractivity contribution in [2.45, 2.75) is 25.5 Å². The Labute approximate surface area is 82.0 Å². The highest BCUT2D eigenvalue weighted by Crippen LogP contribution is 2.21. The van der Waals surface area contributed by atoms with Gasteiger partial charge in [-0.25, -0.2) is 4.98 Å². The van der Waals surface area contributed by atoms with Crippen molar-refractivity contribution in [1.29, 1.82) is 0 Å². The molecular weight excluding hydrogens is 184 g/mol. The monoisotopic (exact) mass is 198 g/mol. The largest absolute Gasteiger partial charge is 0.389 e. The van der Waals surface area contributed by atoms with Crippen LogP contribution in [0.15, 0.2) is 10.9 Å². The molecule has 1 atom stereocenters. The molecule has 2 rings (SSSR count). The second kappa shape index (κ2) is 3.36. The number of aliphatic hydroxyl groups is 1. The van der Waals surface area contributed by atoms with Crippen LogP contribution in [0.4, 0.5) is 0 Å². The second-order valence-electron chi connectivity index (χ2n) is 3.94. The fourth-order valence-electron chi connectivity index (χ4n) is 1.72. The van der Waals surface area contributed by atoms with Crippen LogP contribution in [-0.2, 0) is 6.54 Å². The molecule has 3 nitrogen and oxygen atoms in total. The maximum atomic E-state index is 9.73. The predicted octanol–water partition coefficient (Wildman–Crippen LogP) is 1.10. The van der Waals surface area contributed by atoms with Crippen LogP contribution < -0.4 is 0 Å². The molecule has 13 heavy (non-hydrogen) atoms. The molecule has 1 unspecified atom stereocenters. The van der Waals surface area contributed by atoms with E-state index in [0.29, 0.717) is 0 Å². The van der Waals surface area contributed by atoms with Gasteiger partial charge in [0.05, 0.1) is 16.8 Å². The minimum Gasteiger partial charge on any atom is -0.389 e. The Balaban J connectivity index is 1.91. The fourth-order valence-corrected chi connectivity index (χ4v) is 2.27. The number of β-amino-alcohol motifs (C(OH)–C–C–N with tert-alkyl or cyclic N) is 1. The molecule has 0 aliphatic carbocycles. The number of hydrogen-bond donors (Lipinski definition) is 1. The van der Waals surface area contributed by atoms with Crippen molar-refractivity contribution in [2.24, 2.45) is 0 Å². The molecule has 1 fully saturated rings. The lowest BCUT2D eigenvalue weighted by Gasteiger charge is -2.17. The van der Waals surface area contributed by atoms with Crippen LogP contribution in [0.3, 0.4) is 0 Å². The molecule has 0 radical (unpaired) electrons. The summed E-state index contributed by atoms with van der Waals surface area (Å²) in [6, 6.07) is 0. The topological polar surface area (TPSA) is 36.4 Å². The number of hydrogen-bond acceptors (Lipinski definition) is 4. The first kappa shape index (κ1) is 9.12. The van der Waals surface area contributed by atoms with Gasteiger partial charge < -0.3 is 5.11 Å². The SMILES string of the molecule is CC1(O)CCN(Cc2cscn2)C1. The molecule has 0 bridgehead atoms. The Hall–Kier alpha value is -0.450. The van der Waals surface area contributed by atoms with Gasteiger partial charge in [0.2, 0.25) is 0 Å². The van der Waals surface area contributed by atoms with Gasteiger partial charge in [0.1, 0.15) is 0 Å². The van der Waals surface area contributed by atoms with E-state index < -0.39 is 5.60 Å². The lowest BCUT2D eigenvalue weighted by atomic mass is 10.1.